The zero-order valence-corrected chi connectivity index (χ0v) is 20.8. The number of nitrogens with zero attached hydrogens (tertiary/aromatic N) is 5. The number of carbonyl (C=O) groups is 2. The Hall–Kier alpha value is -3.33. The Bertz CT molecular complexity index is 966. The van der Waals surface area contributed by atoms with Gasteiger partial charge in [-0.05, 0) is 42.8 Å². The second-order valence-electron chi connectivity index (χ2n) is 9.19. The lowest BCUT2D eigenvalue weighted by Gasteiger charge is -2.35. The molecule has 1 N–H and O–H groups in total. The quantitative estimate of drug-likeness (QED) is 0.651. The molecule has 0 spiro atoms. The van der Waals surface area contributed by atoms with Crippen LogP contribution in [0.2, 0.25) is 0 Å². The van der Waals surface area contributed by atoms with E-state index >= 15 is 0 Å². The SMILES string of the molecule is COc1ccc(CCC(=O)N2CCN(C(=O)NCc3ccc(N4CCN(C)CC4)nc3)CC2)cc1. The number of hydrogen-bond donors (Lipinski definition) is 1. The standard InChI is InChI=1S/C26H36N6O3/c1-29-11-13-30(14-12-29)24-9-5-22(19-27-24)20-28-26(34)32-17-15-31(16-18-32)25(33)10-6-21-3-7-23(35-2)8-4-21/h3-5,7-9,19H,6,10-18,20H2,1-2H3,(H,28,34). The molecular weight excluding hydrogens is 444 g/mol. The van der Waals surface area contributed by atoms with Gasteiger partial charge in [-0.2, -0.15) is 0 Å². The van der Waals surface area contributed by atoms with Gasteiger partial charge < -0.3 is 29.7 Å². The summed E-state index contributed by atoms with van der Waals surface area (Å²) >= 11 is 0. The number of benzene rings is 1. The molecule has 1 aromatic heterocycles. The number of methoxy groups -OCH3 is 1. The van der Waals surface area contributed by atoms with Crippen molar-refractivity contribution < 1.29 is 14.3 Å². The van der Waals surface area contributed by atoms with E-state index in [-0.39, 0.29) is 11.9 Å². The molecule has 2 aromatic rings. The minimum atomic E-state index is -0.0986. The molecular formula is C26H36N6O3. The van der Waals surface area contributed by atoms with Gasteiger partial charge in [-0.3, -0.25) is 4.79 Å². The van der Waals surface area contributed by atoms with Gasteiger partial charge in [-0.1, -0.05) is 18.2 Å². The van der Waals surface area contributed by atoms with E-state index in [4.69, 9.17) is 4.74 Å². The third-order valence-electron chi connectivity index (χ3n) is 6.79. The number of urea groups is 1. The Labute approximate surface area is 207 Å². The second-order valence-corrected chi connectivity index (χ2v) is 9.19. The molecule has 188 valence electrons. The molecule has 0 radical (unpaired) electrons. The Kier molecular flexibility index (Phi) is 8.41. The zero-order chi connectivity index (χ0) is 24.6. The van der Waals surface area contributed by atoms with Crippen molar-refractivity contribution in [3.63, 3.8) is 0 Å². The van der Waals surface area contributed by atoms with Crippen LogP contribution in [-0.4, -0.2) is 98.1 Å². The molecule has 2 aliphatic rings. The van der Waals surface area contributed by atoms with Gasteiger partial charge in [0.05, 0.1) is 7.11 Å². The highest BCUT2D eigenvalue weighted by Crippen LogP contribution is 2.15. The maximum Gasteiger partial charge on any atom is 0.317 e. The van der Waals surface area contributed by atoms with Gasteiger partial charge in [0.25, 0.3) is 0 Å². The molecule has 0 saturated carbocycles. The number of pyridine rings is 1. The van der Waals surface area contributed by atoms with Gasteiger partial charge in [-0.25, -0.2) is 9.78 Å². The van der Waals surface area contributed by atoms with Crippen LogP contribution in [0, 0.1) is 0 Å². The first kappa shape index (κ1) is 24.8. The molecule has 2 saturated heterocycles. The molecule has 0 unspecified atom stereocenters. The van der Waals surface area contributed by atoms with Crippen LogP contribution in [0.3, 0.4) is 0 Å². The van der Waals surface area contributed by atoms with Crippen LogP contribution in [-0.2, 0) is 17.8 Å². The molecule has 2 aliphatic heterocycles. The van der Waals surface area contributed by atoms with E-state index in [0.29, 0.717) is 45.6 Å². The lowest BCUT2D eigenvalue weighted by atomic mass is 10.1. The van der Waals surface area contributed by atoms with Gasteiger partial charge in [0.15, 0.2) is 0 Å². The van der Waals surface area contributed by atoms with Crippen molar-refractivity contribution in [3.8, 4) is 5.75 Å². The molecule has 0 aliphatic carbocycles. The molecule has 4 rings (SSSR count). The maximum atomic E-state index is 12.6. The van der Waals surface area contributed by atoms with Crippen LogP contribution in [0.5, 0.6) is 5.75 Å². The average Bonchev–Trinajstić information content (AvgIpc) is 2.91. The third kappa shape index (κ3) is 6.85. The highest BCUT2D eigenvalue weighted by atomic mass is 16.5. The summed E-state index contributed by atoms with van der Waals surface area (Å²) < 4.78 is 5.17. The summed E-state index contributed by atoms with van der Waals surface area (Å²) in [6.45, 7) is 6.71. The Morgan fingerprint density at radius 1 is 0.886 bits per heavy atom. The molecule has 9 heteroatoms. The number of carbonyl (C=O) groups excluding carboxylic acids is 2. The molecule has 35 heavy (non-hydrogen) atoms. The van der Waals surface area contributed by atoms with Crippen molar-refractivity contribution >= 4 is 17.8 Å². The van der Waals surface area contributed by atoms with E-state index in [1.807, 2.05) is 47.5 Å². The largest absolute Gasteiger partial charge is 0.497 e. The summed E-state index contributed by atoms with van der Waals surface area (Å²) in [5.41, 5.74) is 2.09. The fraction of sp³-hybridized carbons (Fsp3) is 0.500. The van der Waals surface area contributed by atoms with Gasteiger partial charge in [0.1, 0.15) is 11.6 Å². The van der Waals surface area contributed by atoms with Crippen molar-refractivity contribution in [1.82, 2.24) is 25.0 Å². The number of aromatic nitrogens is 1. The molecule has 2 fully saturated rings. The van der Waals surface area contributed by atoms with Gasteiger partial charge in [-0.15, -0.1) is 0 Å². The van der Waals surface area contributed by atoms with E-state index in [9.17, 15) is 9.59 Å². The monoisotopic (exact) mass is 480 g/mol. The molecule has 0 bridgehead atoms. The number of nitrogens with one attached hydrogen (secondary N) is 1. The molecule has 3 amide bonds. The zero-order valence-electron chi connectivity index (χ0n) is 20.8. The topological polar surface area (TPSA) is 81.2 Å². The number of likely N-dealkylation sites (N-methyl/N-ethyl adjacent to an activating group) is 1. The van der Waals surface area contributed by atoms with Crippen molar-refractivity contribution in [2.75, 3.05) is 71.4 Å². The summed E-state index contributed by atoms with van der Waals surface area (Å²) in [4.78, 5) is 38.1. The third-order valence-corrected chi connectivity index (χ3v) is 6.79. The number of anilines is 1. The van der Waals surface area contributed by atoms with E-state index in [0.717, 1.165) is 48.9 Å². The number of hydrogen-bond acceptors (Lipinski definition) is 6. The first-order valence-electron chi connectivity index (χ1n) is 12.3. The normalized spacial score (nSPS) is 16.8. The summed E-state index contributed by atoms with van der Waals surface area (Å²) in [6, 6.07) is 11.8. The first-order valence-corrected chi connectivity index (χ1v) is 12.3. The Balaban J connectivity index is 1.16. The van der Waals surface area contributed by atoms with Crippen molar-refractivity contribution in [2.24, 2.45) is 0 Å². The van der Waals surface area contributed by atoms with Crippen LogP contribution in [0.25, 0.3) is 0 Å². The predicted octanol–water partition coefficient (Wildman–Crippen LogP) is 1.83. The number of piperazine rings is 2. The van der Waals surface area contributed by atoms with Crippen LogP contribution in [0.1, 0.15) is 17.5 Å². The highest BCUT2D eigenvalue weighted by molar-refractivity contribution is 5.78. The van der Waals surface area contributed by atoms with Crippen LogP contribution < -0.4 is 15.0 Å². The van der Waals surface area contributed by atoms with E-state index in [1.54, 1.807) is 12.0 Å². The van der Waals surface area contributed by atoms with E-state index in [2.05, 4.69) is 27.1 Å². The molecule has 0 atom stereocenters. The fourth-order valence-corrected chi connectivity index (χ4v) is 4.39. The average molecular weight is 481 g/mol. The van der Waals surface area contributed by atoms with Crippen molar-refractivity contribution in [1.29, 1.82) is 0 Å². The lowest BCUT2D eigenvalue weighted by molar-refractivity contribution is -0.132. The van der Waals surface area contributed by atoms with Crippen LogP contribution in [0.4, 0.5) is 10.6 Å². The molecule has 9 nitrogen and oxygen atoms in total. The number of rotatable bonds is 7. The van der Waals surface area contributed by atoms with Crippen molar-refractivity contribution in [2.45, 2.75) is 19.4 Å². The summed E-state index contributed by atoms with van der Waals surface area (Å²) in [7, 11) is 3.78. The minimum Gasteiger partial charge on any atom is -0.497 e. The van der Waals surface area contributed by atoms with Gasteiger partial charge in [0.2, 0.25) is 5.91 Å². The maximum absolute atomic E-state index is 12.6. The first-order chi connectivity index (χ1) is 17.0. The van der Waals surface area contributed by atoms with Crippen LogP contribution >= 0.6 is 0 Å². The molecule has 1 aromatic carbocycles. The Morgan fingerprint density at radius 2 is 1.54 bits per heavy atom. The molecule has 3 heterocycles. The second kappa shape index (κ2) is 11.9. The van der Waals surface area contributed by atoms with E-state index in [1.165, 1.54) is 0 Å². The van der Waals surface area contributed by atoms with Crippen LogP contribution in [0.15, 0.2) is 42.6 Å². The number of ether oxygens (including phenoxy) is 1. The van der Waals surface area contributed by atoms with Gasteiger partial charge in [0, 0.05) is 71.5 Å². The number of amides is 3. The minimum absolute atomic E-state index is 0.0986. The predicted molar refractivity (Wildman–Crippen MR) is 136 cm³/mol. The summed E-state index contributed by atoms with van der Waals surface area (Å²) in [6.07, 6.45) is 3.01. The van der Waals surface area contributed by atoms with E-state index < -0.39 is 0 Å². The van der Waals surface area contributed by atoms with Crippen molar-refractivity contribution in [3.05, 3.63) is 53.7 Å². The van der Waals surface area contributed by atoms with Gasteiger partial charge >= 0.3 is 6.03 Å². The smallest absolute Gasteiger partial charge is 0.317 e. The number of aryl methyl sites for hydroxylation is 1. The summed E-state index contributed by atoms with van der Waals surface area (Å²) in [5, 5.41) is 2.99. The summed E-state index contributed by atoms with van der Waals surface area (Å²) in [5.74, 6) is 1.93. The lowest BCUT2D eigenvalue weighted by Crippen LogP contribution is -2.53. The Morgan fingerprint density at radius 3 is 2.17 bits per heavy atom. The highest BCUT2D eigenvalue weighted by Gasteiger charge is 2.24. The fourth-order valence-electron chi connectivity index (χ4n) is 4.39.